The lowest BCUT2D eigenvalue weighted by Crippen LogP contribution is -2.47. The van der Waals surface area contributed by atoms with Gasteiger partial charge in [-0.2, -0.15) is 0 Å². The highest BCUT2D eigenvalue weighted by Crippen LogP contribution is 2.35. The van der Waals surface area contributed by atoms with Crippen LogP contribution in [0.2, 0.25) is 0 Å². The molecule has 7 nitrogen and oxygen atoms in total. The number of fused-ring (bicyclic) bond motifs is 1. The second-order valence-corrected chi connectivity index (χ2v) is 9.29. The summed E-state index contributed by atoms with van der Waals surface area (Å²) in [6.45, 7) is 0.595. The van der Waals surface area contributed by atoms with E-state index in [-0.39, 0.29) is 12.4 Å². The maximum Gasteiger partial charge on any atom is 0.322 e. The molecule has 8 heteroatoms. The molecule has 1 saturated carbocycles. The fourth-order valence-electron chi connectivity index (χ4n) is 5.15. The number of benzene rings is 2. The highest BCUT2D eigenvalue weighted by atomic mass is 19.1. The van der Waals surface area contributed by atoms with E-state index in [0.29, 0.717) is 17.6 Å². The first-order valence-electron chi connectivity index (χ1n) is 11.8. The molecular formula is C26H28FN3O4. The van der Waals surface area contributed by atoms with Crippen molar-refractivity contribution in [2.24, 2.45) is 5.92 Å². The number of carbonyl (C=O) groups is 2. The number of urea groups is 1. The Bertz CT molecular complexity index is 1220. The summed E-state index contributed by atoms with van der Waals surface area (Å²) in [4.78, 5) is 24.8. The van der Waals surface area contributed by atoms with Crippen LogP contribution in [0, 0.1) is 11.7 Å². The zero-order chi connectivity index (χ0) is 23.7. The van der Waals surface area contributed by atoms with Crippen molar-refractivity contribution in [1.29, 1.82) is 0 Å². The molecule has 1 aromatic heterocycles. The van der Waals surface area contributed by atoms with Gasteiger partial charge < -0.3 is 19.7 Å². The summed E-state index contributed by atoms with van der Waals surface area (Å²) in [5, 5.41) is 17.1. The molecule has 2 aromatic carbocycles. The van der Waals surface area contributed by atoms with E-state index in [2.05, 4.69) is 10.6 Å². The maximum atomic E-state index is 13.5. The Hall–Kier alpha value is -3.55. The number of nitrogens with one attached hydrogen (secondary N) is 2. The lowest BCUT2D eigenvalue weighted by atomic mass is 9.87. The van der Waals surface area contributed by atoms with Gasteiger partial charge in [0.05, 0.1) is 13.2 Å². The lowest BCUT2D eigenvalue weighted by Gasteiger charge is -2.27. The summed E-state index contributed by atoms with van der Waals surface area (Å²) in [6.07, 6.45) is 9.27. The van der Waals surface area contributed by atoms with Crippen LogP contribution in [-0.4, -0.2) is 28.2 Å². The van der Waals surface area contributed by atoms with Crippen molar-refractivity contribution in [2.75, 3.05) is 6.61 Å². The molecule has 1 atom stereocenters. The fourth-order valence-corrected chi connectivity index (χ4v) is 5.15. The summed E-state index contributed by atoms with van der Waals surface area (Å²) in [6, 6.07) is 10.2. The number of rotatable bonds is 7. The van der Waals surface area contributed by atoms with Gasteiger partial charge in [-0.25, -0.2) is 9.18 Å². The van der Waals surface area contributed by atoms with Gasteiger partial charge in [0.25, 0.3) is 5.91 Å². The molecule has 3 aromatic rings. The van der Waals surface area contributed by atoms with Crippen LogP contribution in [0.5, 0.6) is 11.6 Å². The van der Waals surface area contributed by atoms with E-state index in [9.17, 15) is 19.1 Å². The number of amides is 3. The van der Waals surface area contributed by atoms with Crippen LogP contribution in [0.3, 0.4) is 0 Å². The summed E-state index contributed by atoms with van der Waals surface area (Å²) in [7, 11) is 0. The highest BCUT2D eigenvalue weighted by molar-refractivity contribution is 6.07. The van der Waals surface area contributed by atoms with Gasteiger partial charge in [-0.3, -0.25) is 10.1 Å². The SMILES string of the molecule is O=C1NC(=O)[C@@](Cn2cc3cc(OCCC4CCCCC4)ccc3c2O)(c2ccc(F)cc2)N1. The van der Waals surface area contributed by atoms with E-state index >= 15 is 0 Å². The summed E-state index contributed by atoms with van der Waals surface area (Å²) < 4.78 is 21.0. The van der Waals surface area contributed by atoms with Crippen molar-refractivity contribution in [1.82, 2.24) is 15.2 Å². The molecule has 1 saturated heterocycles. The smallest absolute Gasteiger partial charge is 0.322 e. The zero-order valence-corrected chi connectivity index (χ0v) is 18.9. The molecule has 3 amide bonds. The monoisotopic (exact) mass is 465 g/mol. The molecule has 0 radical (unpaired) electrons. The van der Waals surface area contributed by atoms with E-state index in [1.165, 1.54) is 60.9 Å². The fraction of sp³-hybridized carbons (Fsp3) is 0.385. The molecule has 178 valence electrons. The standard InChI is InChI=1S/C26H28FN3O4/c27-20-8-6-19(7-9-20)26(24(32)28-25(33)29-26)16-30-15-18-14-21(10-11-22(18)23(30)31)34-13-12-17-4-2-1-3-5-17/h6-11,14-15,17,31H,1-5,12-13,16H2,(H2,28,29,32,33)/t26-/m1/s1. The number of imide groups is 1. The Balaban J connectivity index is 1.38. The summed E-state index contributed by atoms with van der Waals surface area (Å²) in [5.41, 5.74) is -1.06. The van der Waals surface area contributed by atoms with Crippen LogP contribution < -0.4 is 15.4 Å². The number of hydrogen-bond donors (Lipinski definition) is 3. The number of hydrogen-bond acceptors (Lipinski definition) is 4. The second-order valence-electron chi connectivity index (χ2n) is 9.29. The average Bonchev–Trinajstić information content (AvgIpc) is 3.30. The molecule has 1 aliphatic carbocycles. The van der Waals surface area contributed by atoms with E-state index in [1.807, 2.05) is 12.1 Å². The number of aromatic nitrogens is 1. The van der Waals surface area contributed by atoms with Crippen molar-refractivity contribution < 1.29 is 23.8 Å². The molecule has 2 heterocycles. The molecule has 0 spiro atoms. The average molecular weight is 466 g/mol. The van der Waals surface area contributed by atoms with Crippen molar-refractivity contribution in [3.05, 3.63) is 60.0 Å². The van der Waals surface area contributed by atoms with Crippen molar-refractivity contribution >= 4 is 22.7 Å². The Kier molecular flexibility index (Phi) is 5.89. The third-order valence-corrected chi connectivity index (χ3v) is 7.04. The first-order valence-corrected chi connectivity index (χ1v) is 11.8. The second kappa shape index (κ2) is 9.00. The van der Waals surface area contributed by atoms with E-state index in [0.717, 1.165) is 23.5 Å². The van der Waals surface area contributed by atoms with Gasteiger partial charge in [-0.15, -0.1) is 0 Å². The van der Waals surface area contributed by atoms with Gasteiger partial charge in [0, 0.05) is 17.0 Å². The van der Waals surface area contributed by atoms with Crippen LogP contribution >= 0.6 is 0 Å². The number of carbonyl (C=O) groups excluding carboxylic acids is 2. The molecule has 2 aliphatic rings. The Morgan fingerprint density at radius 1 is 1.09 bits per heavy atom. The molecular weight excluding hydrogens is 437 g/mol. The third kappa shape index (κ3) is 4.20. The largest absolute Gasteiger partial charge is 0.494 e. The molecule has 0 unspecified atom stereocenters. The minimum atomic E-state index is -1.48. The molecule has 1 aliphatic heterocycles. The molecule has 5 rings (SSSR count). The maximum absolute atomic E-state index is 13.5. The van der Waals surface area contributed by atoms with Crippen molar-refractivity contribution in [3.8, 4) is 11.6 Å². The van der Waals surface area contributed by atoms with Gasteiger partial charge in [0.1, 0.15) is 11.6 Å². The highest BCUT2D eigenvalue weighted by Gasteiger charge is 2.48. The normalized spacial score (nSPS) is 21.0. The minimum absolute atomic E-state index is 0.0285. The number of halogens is 1. The first-order chi connectivity index (χ1) is 16.4. The first kappa shape index (κ1) is 22.3. The predicted octanol–water partition coefficient (Wildman–Crippen LogP) is 4.57. The zero-order valence-electron chi connectivity index (χ0n) is 18.9. The molecule has 3 N–H and O–H groups in total. The Labute approximate surface area is 196 Å². The van der Waals surface area contributed by atoms with Gasteiger partial charge in [0.2, 0.25) is 0 Å². The van der Waals surface area contributed by atoms with Gasteiger partial charge in [0.15, 0.2) is 11.4 Å². The Morgan fingerprint density at radius 2 is 1.85 bits per heavy atom. The van der Waals surface area contributed by atoms with Crippen LogP contribution in [0.1, 0.15) is 44.1 Å². The van der Waals surface area contributed by atoms with Crippen LogP contribution in [0.25, 0.3) is 10.8 Å². The number of aromatic hydroxyl groups is 1. The van der Waals surface area contributed by atoms with Gasteiger partial charge in [-0.1, -0.05) is 44.2 Å². The van der Waals surface area contributed by atoms with Crippen LogP contribution in [0.15, 0.2) is 48.7 Å². The third-order valence-electron chi connectivity index (χ3n) is 7.04. The molecule has 2 fully saturated rings. The summed E-state index contributed by atoms with van der Waals surface area (Å²) >= 11 is 0. The topological polar surface area (TPSA) is 92.6 Å². The van der Waals surface area contributed by atoms with Crippen molar-refractivity contribution in [2.45, 2.75) is 50.6 Å². The summed E-state index contributed by atoms with van der Waals surface area (Å²) in [5.74, 6) is 0.417. The van der Waals surface area contributed by atoms with E-state index < -0.39 is 23.3 Å². The van der Waals surface area contributed by atoms with E-state index in [4.69, 9.17) is 4.74 Å². The number of nitrogens with zero attached hydrogens (tertiary/aromatic N) is 1. The van der Waals surface area contributed by atoms with Crippen molar-refractivity contribution in [3.63, 3.8) is 0 Å². The Morgan fingerprint density at radius 3 is 2.56 bits per heavy atom. The van der Waals surface area contributed by atoms with Gasteiger partial charge >= 0.3 is 6.03 Å². The van der Waals surface area contributed by atoms with Crippen LogP contribution in [0.4, 0.5) is 9.18 Å². The number of ether oxygens (including phenoxy) is 1. The predicted molar refractivity (Wildman–Crippen MR) is 125 cm³/mol. The molecule has 34 heavy (non-hydrogen) atoms. The van der Waals surface area contributed by atoms with Gasteiger partial charge in [-0.05, 0) is 48.2 Å². The quantitative estimate of drug-likeness (QED) is 0.446. The van der Waals surface area contributed by atoms with Crippen LogP contribution in [-0.2, 0) is 16.9 Å². The molecule has 0 bridgehead atoms. The minimum Gasteiger partial charge on any atom is -0.494 e. The van der Waals surface area contributed by atoms with E-state index in [1.54, 1.807) is 12.3 Å². The lowest BCUT2D eigenvalue weighted by molar-refractivity contribution is -0.124.